The number of amides is 1. The molecule has 0 aromatic heterocycles. The van der Waals surface area contributed by atoms with E-state index in [0.29, 0.717) is 17.7 Å². The Bertz CT molecular complexity index is 752. The highest BCUT2D eigenvalue weighted by molar-refractivity contribution is 5.87. The SMILES string of the molecule is CN1C[C@H]2CN(C(=O)C3(N4CCCC4)CCCC3)C[C@H]2[C@@H]1c1cccc(F)c1.Cl.Cl. The van der Waals surface area contributed by atoms with Crippen LogP contribution in [0.5, 0.6) is 0 Å². The first kappa shape index (κ1) is 23.8. The van der Waals surface area contributed by atoms with Gasteiger partial charge in [0.05, 0.1) is 0 Å². The van der Waals surface area contributed by atoms with Gasteiger partial charge in [0, 0.05) is 31.6 Å². The lowest BCUT2D eigenvalue weighted by atomic mass is 9.89. The summed E-state index contributed by atoms with van der Waals surface area (Å²) in [5.41, 5.74) is 0.828. The summed E-state index contributed by atoms with van der Waals surface area (Å²) in [7, 11) is 2.14. The second kappa shape index (κ2) is 9.32. The normalized spacial score (nSPS) is 30.7. The third-order valence-corrected chi connectivity index (χ3v) is 7.91. The molecule has 30 heavy (non-hydrogen) atoms. The third-order valence-electron chi connectivity index (χ3n) is 7.91. The van der Waals surface area contributed by atoms with E-state index in [-0.39, 0.29) is 42.2 Å². The van der Waals surface area contributed by atoms with E-state index in [4.69, 9.17) is 0 Å². The monoisotopic (exact) mass is 457 g/mol. The van der Waals surface area contributed by atoms with Crippen LogP contribution < -0.4 is 0 Å². The molecule has 4 nitrogen and oxygen atoms in total. The summed E-state index contributed by atoms with van der Waals surface area (Å²) in [6.07, 6.45) is 6.88. The van der Waals surface area contributed by atoms with Gasteiger partial charge in [0.25, 0.3) is 0 Å². The number of hydrogen-bond donors (Lipinski definition) is 0. The van der Waals surface area contributed by atoms with Crippen LogP contribution in [0, 0.1) is 17.7 Å². The van der Waals surface area contributed by atoms with Gasteiger partial charge in [0.2, 0.25) is 5.91 Å². The van der Waals surface area contributed by atoms with Gasteiger partial charge in [-0.2, -0.15) is 0 Å². The molecule has 7 heteroatoms. The fourth-order valence-electron chi connectivity index (χ4n) is 6.68. The van der Waals surface area contributed by atoms with Crippen molar-refractivity contribution in [3.8, 4) is 0 Å². The minimum Gasteiger partial charge on any atom is -0.340 e. The molecule has 0 unspecified atom stereocenters. The first-order valence-corrected chi connectivity index (χ1v) is 11.1. The molecule has 1 aromatic rings. The smallest absolute Gasteiger partial charge is 0.243 e. The number of halogens is 3. The van der Waals surface area contributed by atoms with Crippen LogP contribution in [0.15, 0.2) is 24.3 Å². The highest BCUT2D eigenvalue weighted by Gasteiger charge is 2.53. The standard InChI is InChI=1S/C23H32FN3O.2ClH/c1-25-14-18-15-26(16-20(18)21(25)17-7-6-8-19(24)13-17)22(28)23(9-2-3-10-23)27-11-4-5-12-27;;/h6-8,13,18,20-21H,2-5,9-12,14-16H2,1H3;2*1H/t18-,20+,21-;;/m0../s1. The topological polar surface area (TPSA) is 26.8 Å². The molecule has 0 radical (unpaired) electrons. The molecule has 1 saturated carbocycles. The van der Waals surface area contributed by atoms with Gasteiger partial charge in [-0.25, -0.2) is 4.39 Å². The maximum absolute atomic E-state index is 13.8. The zero-order chi connectivity index (χ0) is 19.3. The number of carbonyl (C=O) groups excluding carboxylic acids is 1. The molecule has 168 valence electrons. The van der Waals surface area contributed by atoms with Crippen molar-refractivity contribution in [2.75, 3.05) is 39.8 Å². The number of benzene rings is 1. The van der Waals surface area contributed by atoms with Gasteiger partial charge in [-0.3, -0.25) is 14.6 Å². The molecule has 1 aromatic carbocycles. The van der Waals surface area contributed by atoms with Crippen molar-refractivity contribution in [1.82, 2.24) is 14.7 Å². The highest BCUT2D eigenvalue weighted by Crippen LogP contribution is 2.46. The molecular formula is C23H34Cl2FN3O. The van der Waals surface area contributed by atoms with Crippen molar-refractivity contribution in [1.29, 1.82) is 0 Å². The van der Waals surface area contributed by atoms with Crippen molar-refractivity contribution < 1.29 is 9.18 Å². The second-order valence-corrected chi connectivity index (χ2v) is 9.51. The Hall–Kier alpha value is -0.880. The van der Waals surface area contributed by atoms with Gasteiger partial charge in [-0.1, -0.05) is 25.0 Å². The van der Waals surface area contributed by atoms with E-state index in [9.17, 15) is 9.18 Å². The van der Waals surface area contributed by atoms with Gasteiger partial charge < -0.3 is 4.90 Å². The molecule has 3 saturated heterocycles. The zero-order valence-electron chi connectivity index (χ0n) is 17.8. The summed E-state index contributed by atoms with van der Waals surface area (Å²) in [6, 6.07) is 7.26. The first-order chi connectivity index (χ1) is 13.6. The van der Waals surface area contributed by atoms with Crippen LogP contribution in [0.25, 0.3) is 0 Å². The summed E-state index contributed by atoms with van der Waals surface area (Å²) in [6.45, 7) is 4.86. The van der Waals surface area contributed by atoms with Crippen molar-refractivity contribution in [3.63, 3.8) is 0 Å². The Kier molecular flexibility index (Phi) is 7.38. The molecular weight excluding hydrogens is 424 g/mol. The molecule has 3 aliphatic heterocycles. The largest absolute Gasteiger partial charge is 0.340 e. The van der Waals surface area contributed by atoms with Gasteiger partial charge in [0.15, 0.2) is 0 Å². The van der Waals surface area contributed by atoms with Gasteiger partial charge in [0.1, 0.15) is 11.4 Å². The Balaban J connectivity index is 0.00000128. The molecule has 1 aliphatic carbocycles. The lowest BCUT2D eigenvalue weighted by molar-refractivity contribution is -0.143. The molecule has 0 N–H and O–H groups in total. The van der Waals surface area contributed by atoms with Crippen LogP contribution in [0.2, 0.25) is 0 Å². The fraction of sp³-hybridized carbons (Fsp3) is 0.696. The number of rotatable bonds is 3. The molecule has 4 aliphatic rings. The Labute approximate surface area is 192 Å². The summed E-state index contributed by atoms with van der Waals surface area (Å²) in [5, 5.41) is 0. The second-order valence-electron chi connectivity index (χ2n) is 9.51. The van der Waals surface area contributed by atoms with E-state index in [1.54, 1.807) is 6.07 Å². The van der Waals surface area contributed by atoms with E-state index in [0.717, 1.165) is 51.1 Å². The fourth-order valence-corrected chi connectivity index (χ4v) is 6.68. The van der Waals surface area contributed by atoms with Gasteiger partial charge >= 0.3 is 0 Å². The summed E-state index contributed by atoms with van der Waals surface area (Å²) < 4.78 is 13.8. The highest BCUT2D eigenvalue weighted by atomic mass is 35.5. The molecule has 3 heterocycles. The molecule has 3 atom stereocenters. The Morgan fingerprint density at radius 2 is 1.73 bits per heavy atom. The lowest BCUT2D eigenvalue weighted by Crippen LogP contribution is -2.57. The van der Waals surface area contributed by atoms with Crippen molar-refractivity contribution in [3.05, 3.63) is 35.6 Å². The van der Waals surface area contributed by atoms with Crippen molar-refractivity contribution >= 4 is 30.7 Å². The van der Waals surface area contributed by atoms with Crippen molar-refractivity contribution in [2.45, 2.75) is 50.1 Å². The van der Waals surface area contributed by atoms with Crippen LogP contribution in [0.1, 0.15) is 50.1 Å². The first-order valence-electron chi connectivity index (χ1n) is 11.1. The molecule has 4 fully saturated rings. The molecule has 0 spiro atoms. The van der Waals surface area contributed by atoms with Crippen LogP contribution >= 0.6 is 24.8 Å². The zero-order valence-corrected chi connectivity index (χ0v) is 19.4. The van der Waals surface area contributed by atoms with E-state index < -0.39 is 0 Å². The van der Waals surface area contributed by atoms with Crippen LogP contribution in [-0.4, -0.2) is 65.9 Å². The third kappa shape index (κ3) is 3.87. The number of nitrogens with zero attached hydrogens (tertiary/aromatic N) is 3. The quantitative estimate of drug-likeness (QED) is 0.682. The maximum Gasteiger partial charge on any atom is 0.243 e. The van der Waals surface area contributed by atoms with Crippen LogP contribution in [0.3, 0.4) is 0 Å². The van der Waals surface area contributed by atoms with E-state index in [2.05, 4.69) is 21.7 Å². The molecule has 5 rings (SSSR count). The van der Waals surface area contributed by atoms with E-state index in [1.807, 2.05) is 12.1 Å². The summed E-state index contributed by atoms with van der Waals surface area (Å²) >= 11 is 0. The van der Waals surface area contributed by atoms with Gasteiger partial charge in [-0.15, -0.1) is 24.8 Å². The summed E-state index contributed by atoms with van der Waals surface area (Å²) in [5.74, 6) is 1.13. The average molecular weight is 458 g/mol. The number of fused-ring (bicyclic) bond motifs is 1. The van der Waals surface area contributed by atoms with Gasteiger partial charge in [-0.05, 0) is 69.4 Å². The predicted molar refractivity (Wildman–Crippen MR) is 122 cm³/mol. The van der Waals surface area contributed by atoms with Crippen molar-refractivity contribution in [2.24, 2.45) is 11.8 Å². The Morgan fingerprint density at radius 1 is 1.03 bits per heavy atom. The maximum atomic E-state index is 13.8. The number of hydrogen-bond acceptors (Lipinski definition) is 3. The molecule has 0 bridgehead atoms. The summed E-state index contributed by atoms with van der Waals surface area (Å²) in [4.78, 5) is 20.8. The predicted octanol–water partition coefficient (Wildman–Crippen LogP) is 4.14. The van der Waals surface area contributed by atoms with E-state index >= 15 is 0 Å². The lowest BCUT2D eigenvalue weighted by Gasteiger charge is -2.40. The van der Waals surface area contributed by atoms with Crippen LogP contribution in [-0.2, 0) is 4.79 Å². The minimum absolute atomic E-state index is 0. The van der Waals surface area contributed by atoms with Crippen LogP contribution in [0.4, 0.5) is 4.39 Å². The average Bonchev–Trinajstić information content (AvgIpc) is 3.44. The Morgan fingerprint density at radius 3 is 2.40 bits per heavy atom. The molecule has 1 amide bonds. The number of likely N-dealkylation sites (tertiary alicyclic amines) is 3. The minimum atomic E-state index is -0.227. The van der Waals surface area contributed by atoms with E-state index in [1.165, 1.54) is 31.7 Å². The number of carbonyl (C=O) groups is 1.